The number of hydrogen-bond acceptors (Lipinski definition) is 1. The van der Waals surface area contributed by atoms with Crippen molar-refractivity contribution in [3.8, 4) is 0 Å². The molecule has 0 saturated carbocycles. The molecular weight excluding hydrogens is 865 g/mol. The quantitative estimate of drug-likeness (QED) is 0.346. The van der Waals surface area contributed by atoms with Crippen molar-refractivity contribution in [2.75, 3.05) is 0 Å². The Kier molecular flexibility index (Phi) is 41.8. The van der Waals surface area contributed by atoms with E-state index in [2.05, 4.69) is 20.8 Å². The Morgan fingerprint density at radius 2 is 0.875 bits per heavy atom. The molecule has 0 fully saturated rings. The van der Waals surface area contributed by atoms with Gasteiger partial charge in [-0.2, -0.15) is 0 Å². The zero-order chi connectivity index (χ0) is 4.50. The van der Waals surface area contributed by atoms with Gasteiger partial charge in [-0.15, -0.1) is 0 Å². The van der Waals surface area contributed by atoms with Gasteiger partial charge in [0.05, 0.1) is 0 Å². The third kappa shape index (κ3) is 1.23. The van der Waals surface area contributed by atoms with Crippen LogP contribution in [0.2, 0.25) is 0 Å². The Balaban J connectivity index is -0.0000000267. The summed E-state index contributed by atoms with van der Waals surface area (Å²) in [7, 11) is 0. The van der Waals surface area contributed by atoms with Gasteiger partial charge < -0.3 is 31.5 Å². The molecule has 1 nitrogen and oxygen atoms in total. The zero-order valence-electron chi connectivity index (χ0n) is 5.19. The van der Waals surface area contributed by atoms with E-state index in [1.54, 1.807) is 0 Å². The molecule has 0 aliphatic carbocycles. The number of aliphatic hydroxyl groups is 1. The molecule has 0 spiro atoms. The number of rotatable bonds is 0. The van der Waals surface area contributed by atoms with Gasteiger partial charge >= 0.3 is 0 Å². The summed E-state index contributed by atoms with van der Waals surface area (Å²) in [6, 6.07) is 0. The smallest absolute Gasteiger partial charge is 0 e. The third-order valence-electron chi connectivity index (χ3n) is 0. The first-order valence-electron chi connectivity index (χ1n) is 1.28. The van der Waals surface area contributed by atoms with E-state index in [-0.39, 0.29) is 0 Å². The molecule has 0 bridgehead atoms. The van der Waals surface area contributed by atoms with Crippen molar-refractivity contribution in [3.63, 3.8) is 0 Å². The van der Waals surface area contributed by atoms with E-state index in [0.717, 1.165) is 0 Å². The minimum absolute atomic E-state index is 0. The van der Waals surface area contributed by atoms with Gasteiger partial charge in [-0.05, 0) is 0 Å². The van der Waals surface area contributed by atoms with Crippen LogP contribution in [0.5, 0.6) is 0 Å². The fourth-order valence-electron chi connectivity index (χ4n) is 0. The second kappa shape index (κ2) is 3.96. The molecule has 0 rings (SSSR count). The van der Waals surface area contributed by atoms with Crippen LogP contribution in [0.4, 0.5) is 0 Å². The molecule has 4 heteroatoms. The molecule has 1 N–H and O–H groups in total. The van der Waals surface area contributed by atoms with Crippen molar-refractivity contribution in [1.82, 2.24) is 0 Å². The molecule has 0 unspecified atom stereocenters. The maximum Gasteiger partial charge on any atom is 0 e. The third-order valence-corrected chi connectivity index (χ3v) is 0. The average Bonchev–Trinajstić information content (AvgIpc) is 0.722. The molecule has 0 aromatic heterocycles. The van der Waals surface area contributed by atoms with Crippen molar-refractivity contribution in [1.29, 1.82) is 0 Å². The van der Waals surface area contributed by atoms with Crippen LogP contribution < -0.4 is 0 Å². The van der Waals surface area contributed by atoms with E-state index in [0.29, 0.717) is 0 Å². The summed E-state index contributed by atoms with van der Waals surface area (Å²) in [5, 5.41) is 8.19. The summed E-state index contributed by atoms with van der Waals surface area (Å²) in [6.07, 6.45) is 0. The molecule has 0 radical (unpaired) electrons. The van der Waals surface area contributed by atoms with E-state index in [1.807, 2.05) is 0 Å². The van der Waals surface area contributed by atoms with E-state index in [4.69, 9.17) is 5.11 Å². The van der Waals surface area contributed by atoms with Crippen LogP contribution in [0.25, 0.3) is 0 Å². The van der Waals surface area contributed by atoms with Gasteiger partial charge in [-0.1, -0.05) is 0 Å². The van der Waals surface area contributed by atoms with Crippen molar-refractivity contribution in [3.05, 3.63) is 20.8 Å². The van der Waals surface area contributed by atoms with Gasteiger partial charge in [0.15, 0.2) is 0 Å². The van der Waals surface area contributed by atoms with E-state index in [1.165, 1.54) is 0 Å². The molecule has 0 aromatic carbocycles. The second-order valence-corrected chi connectivity index (χ2v) is 1.22. The Morgan fingerprint density at radius 1 is 0.875 bits per heavy atom. The summed E-state index contributed by atoms with van der Waals surface area (Å²) in [6.45, 7) is 9.31. The molecule has 0 saturated heterocycles. The predicted octanol–water partition coefficient (Wildman–Crippen LogP) is 0.220. The summed E-state index contributed by atoms with van der Waals surface area (Å²) < 4.78 is 0. The van der Waals surface area contributed by atoms with Crippen LogP contribution >= 0.6 is 0 Å². The summed E-state index contributed by atoms with van der Waals surface area (Å²) in [5.41, 5.74) is -1.25. The van der Waals surface area contributed by atoms with Crippen LogP contribution in [0.1, 0.15) is 0 Å². The Hall–Kier alpha value is -3.04. The molecule has 0 heterocycles. The van der Waals surface area contributed by atoms with Gasteiger partial charge in [0, 0.05) is 0 Å². The van der Waals surface area contributed by atoms with E-state index >= 15 is 0 Å². The SMILES string of the molecule is [CH2-]C([CH2-])([CH2-])O.[Rf].[Rf].[Rf]. The largest absolute Gasteiger partial charge is 0.482 e. The van der Waals surface area contributed by atoms with Gasteiger partial charge in [-0.3, -0.25) is 0 Å². The number of hydrogen-bond donors (Lipinski definition) is 1. The topological polar surface area (TPSA) is 20.2 Å². The standard InChI is InChI=1S/C4H7O.3Rf/c1-4(2,3)5;;;/h5H,1-3H2;;;/q-3;;;. The van der Waals surface area contributed by atoms with E-state index < -0.39 is 5.60 Å². The van der Waals surface area contributed by atoms with Crippen molar-refractivity contribution < 1.29 is 5.11 Å². The van der Waals surface area contributed by atoms with Crippen molar-refractivity contribution >= 4 is 0 Å². The zero-order valence-corrected chi connectivity index (χ0v) is 24.4. The summed E-state index contributed by atoms with van der Waals surface area (Å²) in [5.74, 6) is 0. The van der Waals surface area contributed by atoms with Gasteiger partial charge in [0.1, 0.15) is 0 Å². The van der Waals surface area contributed by atoms with E-state index in [9.17, 15) is 0 Å². The molecular formula is C4H7ORf3-3. The first kappa shape index (κ1) is 84.4. The molecule has 0 atom stereocenters. The Labute approximate surface area is 32.6 Å². The minimum atomic E-state index is -1.25. The summed E-state index contributed by atoms with van der Waals surface area (Å²) in [4.78, 5) is 0. The van der Waals surface area contributed by atoms with Crippen molar-refractivity contribution in [2.24, 2.45) is 0 Å². The Morgan fingerprint density at radius 3 is 0.875 bits per heavy atom. The normalized spacial score (nSPS) is 7.50. The maximum atomic E-state index is 8.19. The molecule has 0 aliphatic heterocycles. The molecule has 0 amide bonds. The van der Waals surface area contributed by atoms with Gasteiger partial charge in [0.25, 0.3) is 0 Å². The molecule has 8 heavy (non-hydrogen) atoms. The fraction of sp³-hybridized carbons (Fsp3) is 0.250. The first-order valence-corrected chi connectivity index (χ1v) is 1.28. The van der Waals surface area contributed by atoms with Crippen LogP contribution in [0.3, 0.4) is 0 Å². The first-order chi connectivity index (χ1) is 2.00. The van der Waals surface area contributed by atoms with Crippen LogP contribution in [0.15, 0.2) is 0 Å². The second-order valence-electron chi connectivity index (χ2n) is 1.22. The predicted molar refractivity (Wildman–Crippen MR) is 21.0 cm³/mol. The van der Waals surface area contributed by atoms with Crippen LogP contribution in [-0.4, -0.2) is 10.7 Å². The molecule has 0 aromatic rings. The average molecular weight is 872 g/mol. The molecule has 0 aliphatic rings. The van der Waals surface area contributed by atoms with Gasteiger partial charge in [0.2, 0.25) is 0 Å². The van der Waals surface area contributed by atoms with Crippen LogP contribution in [-0.2, 0) is 0 Å². The maximum absolute atomic E-state index is 8.19. The summed E-state index contributed by atoms with van der Waals surface area (Å²) >= 11 is 0. The minimum Gasteiger partial charge on any atom is -0.482 e. The monoisotopic (exact) mass is 872 g/mol. The Bertz CT molecular complexity index is 26.8. The van der Waals surface area contributed by atoms with Crippen LogP contribution in [0, 0.1) is 20.8 Å². The van der Waals surface area contributed by atoms with Gasteiger partial charge in [-0.25, -0.2) is 0 Å². The van der Waals surface area contributed by atoms with Crippen molar-refractivity contribution in [2.45, 2.75) is 5.60 Å². The fourth-order valence-corrected chi connectivity index (χ4v) is 0. The molecule has 38 valence electrons.